The Morgan fingerprint density at radius 3 is 2.85 bits per heavy atom. The van der Waals surface area contributed by atoms with Crippen LogP contribution in [0.15, 0.2) is 24.8 Å². The summed E-state index contributed by atoms with van der Waals surface area (Å²) >= 11 is 1.47. The summed E-state index contributed by atoms with van der Waals surface area (Å²) in [6, 6.07) is 1.88. The van der Waals surface area contributed by atoms with Crippen molar-refractivity contribution < 1.29 is 4.79 Å². The molecule has 0 unspecified atom stereocenters. The van der Waals surface area contributed by atoms with Gasteiger partial charge in [-0.05, 0) is 38.9 Å². The normalized spacial score (nSPS) is 16.7. The molecule has 0 radical (unpaired) electrons. The molecule has 1 saturated heterocycles. The number of nitrogens with zero attached hydrogens (tertiary/aromatic N) is 4. The summed E-state index contributed by atoms with van der Waals surface area (Å²) in [5.41, 5.74) is 6.18. The van der Waals surface area contributed by atoms with Gasteiger partial charge >= 0.3 is 0 Å². The molecular weight excluding hydrogens is 350 g/mol. The molecule has 0 bridgehead atoms. The third-order valence-corrected chi connectivity index (χ3v) is 5.85. The summed E-state index contributed by atoms with van der Waals surface area (Å²) in [5.74, 6) is 0.499. The number of aromatic amines is 1. The lowest BCUT2D eigenvalue weighted by atomic mass is 9.77. The van der Waals surface area contributed by atoms with E-state index in [2.05, 4.69) is 25.3 Å². The zero-order valence-corrected chi connectivity index (χ0v) is 15.3. The van der Waals surface area contributed by atoms with Gasteiger partial charge in [-0.3, -0.25) is 4.79 Å². The van der Waals surface area contributed by atoms with Gasteiger partial charge in [0.15, 0.2) is 10.9 Å². The van der Waals surface area contributed by atoms with Gasteiger partial charge in [0.25, 0.3) is 0 Å². The molecule has 0 aromatic carbocycles. The predicted molar refractivity (Wildman–Crippen MR) is 101 cm³/mol. The summed E-state index contributed by atoms with van der Waals surface area (Å²) in [4.78, 5) is 32.6. The number of carbonyl (C=O) groups excluding carboxylic acids is 1. The van der Waals surface area contributed by atoms with Crippen LogP contribution in [0.4, 0.5) is 10.9 Å². The number of carbonyl (C=O) groups is 1. The molecule has 0 spiro atoms. The zero-order valence-electron chi connectivity index (χ0n) is 14.5. The number of thiazole rings is 1. The van der Waals surface area contributed by atoms with E-state index in [0.717, 1.165) is 23.4 Å². The summed E-state index contributed by atoms with van der Waals surface area (Å²) in [7, 11) is 0. The monoisotopic (exact) mass is 371 g/mol. The Hall–Kier alpha value is -2.36. The Bertz CT molecular complexity index is 928. The number of hydrogen-bond donors (Lipinski definition) is 3. The number of aryl methyl sites for hydroxylation is 1. The molecule has 26 heavy (non-hydrogen) atoms. The largest absolute Gasteiger partial charge is 0.346 e. The van der Waals surface area contributed by atoms with Gasteiger partial charge < -0.3 is 16.0 Å². The van der Waals surface area contributed by atoms with Gasteiger partial charge in [0.1, 0.15) is 12.0 Å². The van der Waals surface area contributed by atoms with E-state index < -0.39 is 5.41 Å². The van der Waals surface area contributed by atoms with Crippen molar-refractivity contribution in [3.63, 3.8) is 0 Å². The summed E-state index contributed by atoms with van der Waals surface area (Å²) in [6.07, 6.45) is 6.43. The Morgan fingerprint density at radius 1 is 1.35 bits per heavy atom. The number of H-pyrrole nitrogens is 1. The number of anilines is 2. The highest BCUT2D eigenvalue weighted by molar-refractivity contribution is 7.15. The summed E-state index contributed by atoms with van der Waals surface area (Å²) in [5, 5.41) is 4.70. The van der Waals surface area contributed by atoms with Crippen molar-refractivity contribution in [2.45, 2.75) is 19.8 Å². The minimum atomic E-state index is -0.613. The first-order valence-electron chi connectivity index (χ1n) is 8.60. The highest BCUT2D eigenvalue weighted by Gasteiger charge is 2.43. The Balaban J connectivity index is 1.86. The molecule has 3 aromatic heterocycles. The van der Waals surface area contributed by atoms with Gasteiger partial charge in [-0.25, -0.2) is 19.9 Å². The number of aromatic nitrogens is 4. The van der Waals surface area contributed by atoms with Gasteiger partial charge in [0.2, 0.25) is 5.91 Å². The van der Waals surface area contributed by atoms with E-state index >= 15 is 0 Å². The first-order valence-corrected chi connectivity index (χ1v) is 9.42. The number of fused-ring (bicyclic) bond motifs is 1. The van der Waals surface area contributed by atoms with Crippen LogP contribution in [0.5, 0.6) is 0 Å². The van der Waals surface area contributed by atoms with Crippen LogP contribution in [0.3, 0.4) is 0 Å². The minimum Gasteiger partial charge on any atom is -0.346 e. The van der Waals surface area contributed by atoms with E-state index in [-0.39, 0.29) is 5.91 Å². The molecule has 8 nitrogen and oxygen atoms in total. The van der Waals surface area contributed by atoms with Gasteiger partial charge in [-0.1, -0.05) is 0 Å². The van der Waals surface area contributed by atoms with Crippen LogP contribution in [0.25, 0.3) is 11.0 Å². The van der Waals surface area contributed by atoms with Crippen LogP contribution in [-0.4, -0.2) is 45.5 Å². The molecule has 0 atom stereocenters. The molecule has 9 heteroatoms. The van der Waals surface area contributed by atoms with Crippen LogP contribution < -0.4 is 16.0 Å². The zero-order chi connectivity index (χ0) is 18.1. The van der Waals surface area contributed by atoms with Crippen molar-refractivity contribution in [1.82, 2.24) is 25.3 Å². The van der Waals surface area contributed by atoms with E-state index in [1.54, 1.807) is 17.3 Å². The molecule has 1 fully saturated rings. The number of rotatable bonds is 4. The Kier molecular flexibility index (Phi) is 4.43. The summed E-state index contributed by atoms with van der Waals surface area (Å²) < 4.78 is 0. The first-order chi connectivity index (χ1) is 12.6. The second-order valence-corrected chi connectivity index (χ2v) is 7.78. The van der Waals surface area contributed by atoms with Gasteiger partial charge in [-0.15, -0.1) is 11.3 Å². The van der Waals surface area contributed by atoms with Crippen LogP contribution in [-0.2, 0) is 4.79 Å². The molecule has 4 rings (SSSR count). The summed E-state index contributed by atoms with van der Waals surface area (Å²) in [6.45, 7) is 3.82. The standard InChI is InChI=1S/C17H21N7OS/c1-11-8-21-16(26-11)24(14-12-2-5-20-13(12)22-10-23-14)15(25)17(9-18)3-6-19-7-4-17/h2,5,8,10,19H,3-4,6-7,9,18H2,1H3,(H,20,22,23). The van der Waals surface area contributed by atoms with Crippen LogP contribution in [0.2, 0.25) is 0 Å². The van der Waals surface area contributed by atoms with Crippen molar-refractivity contribution in [3.8, 4) is 0 Å². The highest BCUT2D eigenvalue weighted by atomic mass is 32.1. The second-order valence-electron chi connectivity index (χ2n) is 6.57. The molecule has 4 N–H and O–H groups in total. The molecule has 1 aliphatic heterocycles. The molecule has 0 saturated carbocycles. The number of amides is 1. The van der Waals surface area contributed by atoms with E-state index in [9.17, 15) is 4.79 Å². The van der Waals surface area contributed by atoms with Gasteiger partial charge in [0, 0.05) is 23.8 Å². The topological polar surface area (TPSA) is 113 Å². The van der Waals surface area contributed by atoms with Crippen molar-refractivity contribution in [1.29, 1.82) is 0 Å². The average molecular weight is 371 g/mol. The molecular formula is C17H21N7OS. The number of nitrogens with two attached hydrogens (primary N) is 1. The fourth-order valence-electron chi connectivity index (χ4n) is 3.40. The number of piperidine rings is 1. The number of hydrogen-bond acceptors (Lipinski definition) is 7. The minimum absolute atomic E-state index is 0.0444. The van der Waals surface area contributed by atoms with Crippen LogP contribution in [0, 0.1) is 12.3 Å². The van der Waals surface area contributed by atoms with Crippen LogP contribution in [0.1, 0.15) is 17.7 Å². The third kappa shape index (κ3) is 2.77. The first kappa shape index (κ1) is 17.1. The van der Waals surface area contributed by atoms with E-state index in [4.69, 9.17) is 5.73 Å². The van der Waals surface area contributed by atoms with Gasteiger partial charge in [-0.2, -0.15) is 0 Å². The molecule has 3 aromatic rings. The average Bonchev–Trinajstić information content (AvgIpc) is 3.32. The molecule has 4 heterocycles. The lowest BCUT2D eigenvalue weighted by molar-refractivity contribution is -0.128. The maximum Gasteiger partial charge on any atom is 0.242 e. The Morgan fingerprint density at radius 2 is 2.15 bits per heavy atom. The lowest BCUT2D eigenvalue weighted by Crippen LogP contribution is -2.52. The molecule has 1 amide bonds. The molecule has 0 aliphatic carbocycles. The predicted octanol–water partition coefficient (Wildman–Crippen LogP) is 1.72. The fraction of sp³-hybridized carbons (Fsp3) is 0.412. The van der Waals surface area contributed by atoms with Crippen molar-refractivity contribution in [2.75, 3.05) is 24.5 Å². The molecule has 136 valence electrons. The maximum absolute atomic E-state index is 13.7. The van der Waals surface area contributed by atoms with Crippen molar-refractivity contribution in [3.05, 3.63) is 29.7 Å². The van der Waals surface area contributed by atoms with Crippen LogP contribution >= 0.6 is 11.3 Å². The fourth-order valence-corrected chi connectivity index (χ4v) is 4.16. The highest BCUT2D eigenvalue weighted by Crippen LogP contribution is 2.38. The lowest BCUT2D eigenvalue weighted by Gasteiger charge is -2.38. The molecule has 1 aliphatic rings. The SMILES string of the molecule is Cc1cnc(N(C(=O)C2(CN)CCNCC2)c2ncnc3[nH]ccc23)s1. The maximum atomic E-state index is 13.7. The van der Waals surface area contributed by atoms with E-state index in [0.29, 0.717) is 36.0 Å². The van der Waals surface area contributed by atoms with Crippen molar-refractivity contribution >= 4 is 39.2 Å². The van der Waals surface area contributed by atoms with Gasteiger partial charge in [0.05, 0.1) is 10.8 Å². The van der Waals surface area contributed by atoms with Crippen molar-refractivity contribution in [2.24, 2.45) is 11.1 Å². The van der Waals surface area contributed by atoms with E-state index in [1.807, 2.05) is 13.0 Å². The second kappa shape index (κ2) is 6.75. The quantitative estimate of drug-likeness (QED) is 0.644. The number of nitrogens with one attached hydrogen (secondary N) is 2. The Labute approximate surface area is 154 Å². The smallest absolute Gasteiger partial charge is 0.242 e. The van der Waals surface area contributed by atoms with E-state index in [1.165, 1.54) is 17.7 Å². The third-order valence-electron chi connectivity index (χ3n) is 4.95.